The van der Waals surface area contributed by atoms with Crippen LogP contribution >= 0.6 is 0 Å². The van der Waals surface area contributed by atoms with Gasteiger partial charge in [-0.25, -0.2) is 4.98 Å². The van der Waals surface area contributed by atoms with Gasteiger partial charge < -0.3 is 19.5 Å². The van der Waals surface area contributed by atoms with Crippen LogP contribution in [-0.2, 0) is 6.54 Å². The number of nitrogens with zero attached hydrogens (tertiary/aromatic N) is 2. The molecule has 0 fully saturated rings. The molecule has 3 N–H and O–H groups in total. The third-order valence-electron chi connectivity index (χ3n) is 4.64. The molecule has 1 aliphatic rings. The number of benzene rings is 2. The van der Waals surface area contributed by atoms with E-state index >= 15 is 0 Å². The minimum Gasteiger partial charge on any atom is -0.508 e. The van der Waals surface area contributed by atoms with Gasteiger partial charge >= 0.3 is 0 Å². The summed E-state index contributed by atoms with van der Waals surface area (Å²) in [4.78, 5) is 4.35. The van der Waals surface area contributed by atoms with Gasteiger partial charge in [0.25, 0.3) is 0 Å². The van der Waals surface area contributed by atoms with Gasteiger partial charge in [-0.15, -0.1) is 0 Å². The van der Waals surface area contributed by atoms with Gasteiger partial charge in [0, 0.05) is 24.1 Å². The molecular formula is C20H19N3O3. The zero-order valence-electron chi connectivity index (χ0n) is 14.3. The predicted molar refractivity (Wildman–Crippen MR) is 95.5 cm³/mol. The van der Waals surface area contributed by atoms with Gasteiger partial charge in [0.15, 0.2) is 0 Å². The average molecular weight is 349 g/mol. The fourth-order valence-electron chi connectivity index (χ4n) is 3.34. The molecule has 0 saturated carbocycles. The van der Waals surface area contributed by atoms with Gasteiger partial charge in [-0.1, -0.05) is 35.9 Å². The van der Waals surface area contributed by atoms with Crippen LogP contribution in [0.25, 0.3) is 0 Å². The van der Waals surface area contributed by atoms with E-state index in [9.17, 15) is 10.2 Å². The first kappa shape index (κ1) is 16.4. The highest BCUT2D eigenvalue weighted by molar-refractivity contribution is 5.57. The van der Waals surface area contributed by atoms with E-state index in [1.54, 1.807) is 16.7 Å². The zero-order valence-corrected chi connectivity index (χ0v) is 14.3. The van der Waals surface area contributed by atoms with Crippen LogP contribution in [0.3, 0.4) is 0 Å². The fourth-order valence-corrected chi connectivity index (χ4v) is 3.34. The van der Waals surface area contributed by atoms with E-state index in [1.165, 1.54) is 6.33 Å². The van der Waals surface area contributed by atoms with Crippen LogP contribution in [-0.4, -0.2) is 26.4 Å². The van der Waals surface area contributed by atoms with Crippen molar-refractivity contribution in [3.8, 4) is 17.4 Å². The Morgan fingerprint density at radius 2 is 1.96 bits per heavy atom. The van der Waals surface area contributed by atoms with Crippen molar-refractivity contribution < 1.29 is 14.9 Å². The standard InChI is InChI=1S/C20H19N3O3/c1-12-2-4-13(5-3-12)17-15-7-6-14(25)10-16(15)26-20-18(17)19(21)23(8-9-24)11-22-20/h2-7,10-11,17,21,24-25H,8-9H2,1H3. The molecule has 0 spiro atoms. The number of nitrogens with one attached hydrogen (secondary N) is 1. The van der Waals surface area contributed by atoms with E-state index in [-0.39, 0.29) is 23.8 Å². The second kappa shape index (κ2) is 6.31. The highest BCUT2D eigenvalue weighted by Gasteiger charge is 2.32. The topological polar surface area (TPSA) is 91.4 Å². The summed E-state index contributed by atoms with van der Waals surface area (Å²) in [5.41, 5.74) is 3.95. The Labute approximate surface area is 150 Å². The molecule has 0 amide bonds. The summed E-state index contributed by atoms with van der Waals surface area (Å²) in [6.45, 7) is 2.25. The van der Waals surface area contributed by atoms with Crippen LogP contribution in [0.5, 0.6) is 17.4 Å². The number of aryl methyl sites for hydroxylation is 1. The number of aromatic hydroxyl groups is 1. The van der Waals surface area contributed by atoms with Crippen molar-refractivity contribution in [3.05, 3.63) is 76.5 Å². The summed E-state index contributed by atoms with van der Waals surface area (Å²) in [7, 11) is 0. The summed E-state index contributed by atoms with van der Waals surface area (Å²) in [5.74, 6) is 0.774. The second-order valence-electron chi connectivity index (χ2n) is 6.40. The van der Waals surface area contributed by atoms with Crippen LogP contribution in [0.4, 0.5) is 0 Å². The molecule has 6 heteroatoms. The summed E-state index contributed by atoms with van der Waals surface area (Å²) >= 11 is 0. The molecule has 4 rings (SSSR count). The van der Waals surface area contributed by atoms with Crippen LogP contribution in [0.1, 0.15) is 28.2 Å². The van der Waals surface area contributed by atoms with Gasteiger partial charge in [0.2, 0.25) is 5.88 Å². The lowest BCUT2D eigenvalue weighted by atomic mass is 9.83. The zero-order chi connectivity index (χ0) is 18.3. The molecule has 1 atom stereocenters. The summed E-state index contributed by atoms with van der Waals surface area (Å²) in [5, 5.41) is 27.7. The van der Waals surface area contributed by atoms with E-state index in [4.69, 9.17) is 10.1 Å². The van der Waals surface area contributed by atoms with Gasteiger partial charge in [0.1, 0.15) is 23.3 Å². The van der Waals surface area contributed by atoms with E-state index in [1.807, 2.05) is 37.3 Å². The Kier molecular flexibility index (Phi) is 3.97. The first-order chi connectivity index (χ1) is 12.6. The van der Waals surface area contributed by atoms with Gasteiger partial charge in [0.05, 0.1) is 12.2 Å². The number of phenolic OH excluding ortho intramolecular Hbond substituents is 1. The number of fused-ring (bicyclic) bond motifs is 2. The minimum absolute atomic E-state index is 0.0719. The van der Waals surface area contributed by atoms with Gasteiger partial charge in [-0.2, -0.15) is 0 Å². The highest BCUT2D eigenvalue weighted by Crippen LogP contribution is 2.45. The molecule has 0 aliphatic carbocycles. The number of ether oxygens (including phenoxy) is 1. The normalized spacial score (nSPS) is 15.1. The Bertz CT molecular complexity index is 1030. The molecule has 1 unspecified atom stereocenters. The monoisotopic (exact) mass is 349 g/mol. The SMILES string of the molecule is Cc1ccc(C2c3ccc(O)cc3Oc3ncn(CCO)c(=N)c32)cc1. The van der Waals surface area contributed by atoms with Gasteiger partial charge in [-0.3, -0.25) is 5.41 Å². The molecular weight excluding hydrogens is 330 g/mol. The van der Waals surface area contributed by atoms with E-state index < -0.39 is 0 Å². The first-order valence-electron chi connectivity index (χ1n) is 8.40. The first-order valence-corrected chi connectivity index (χ1v) is 8.40. The molecule has 3 aromatic rings. The third kappa shape index (κ3) is 2.64. The maximum absolute atomic E-state index is 9.83. The van der Waals surface area contributed by atoms with Crippen molar-refractivity contribution in [1.29, 1.82) is 5.41 Å². The minimum atomic E-state index is -0.235. The fraction of sp³-hybridized carbons (Fsp3) is 0.200. The van der Waals surface area contributed by atoms with Gasteiger partial charge in [-0.05, 0) is 18.6 Å². The highest BCUT2D eigenvalue weighted by atomic mass is 16.5. The molecule has 2 aromatic carbocycles. The van der Waals surface area contributed by atoms with Crippen molar-refractivity contribution in [2.24, 2.45) is 0 Å². The number of aliphatic hydroxyl groups is 1. The molecule has 6 nitrogen and oxygen atoms in total. The third-order valence-corrected chi connectivity index (χ3v) is 4.64. The number of hydrogen-bond donors (Lipinski definition) is 3. The molecule has 0 saturated heterocycles. The smallest absolute Gasteiger partial charge is 0.228 e. The number of aromatic nitrogens is 2. The quantitative estimate of drug-likeness (QED) is 0.530. The Morgan fingerprint density at radius 1 is 1.19 bits per heavy atom. The lowest BCUT2D eigenvalue weighted by Gasteiger charge is -2.28. The maximum atomic E-state index is 9.83. The molecule has 1 aromatic heterocycles. The van der Waals surface area contributed by atoms with Crippen LogP contribution < -0.4 is 10.2 Å². The Hall–Kier alpha value is -3.12. The number of aliphatic hydroxyl groups excluding tert-OH is 1. The lowest BCUT2D eigenvalue weighted by molar-refractivity contribution is 0.271. The molecule has 1 aliphatic heterocycles. The number of hydrogen-bond acceptors (Lipinski definition) is 5. The summed E-state index contributed by atoms with van der Waals surface area (Å²) < 4.78 is 7.49. The van der Waals surface area contributed by atoms with E-state index in [0.29, 0.717) is 23.7 Å². The Balaban J connectivity index is 1.98. The molecule has 26 heavy (non-hydrogen) atoms. The van der Waals surface area contributed by atoms with E-state index in [0.717, 1.165) is 16.7 Å². The van der Waals surface area contributed by atoms with Crippen molar-refractivity contribution in [2.45, 2.75) is 19.4 Å². The van der Waals surface area contributed by atoms with Crippen LogP contribution in [0.15, 0.2) is 48.8 Å². The van der Waals surface area contributed by atoms with Crippen molar-refractivity contribution in [1.82, 2.24) is 9.55 Å². The molecule has 0 bridgehead atoms. The lowest BCUT2D eigenvalue weighted by Crippen LogP contribution is -2.30. The molecule has 0 radical (unpaired) electrons. The molecule has 132 valence electrons. The van der Waals surface area contributed by atoms with Crippen molar-refractivity contribution in [2.75, 3.05) is 6.61 Å². The Morgan fingerprint density at radius 3 is 2.69 bits per heavy atom. The van der Waals surface area contributed by atoms with Crippen molar-refractivity contribution in [3.63, 3.8) is 0 Å². The van der Waals surface area contributed by atoms with E-state index in [2.05, 4.69) is 4.98 Å². The van der Waals surface area contributed by atoms with Crippen LogP contribution in [0, 0.1) is 12.3 Å². The second-order valence-corrected chi connectivity index (χ2v) is 6.40. The number of phenols is 1. The summed E-state index contributed by atoms with van der Waals surface area (Å²) in [6, 6.07) is 13.2. The largest absolute Gasteiger partial charge is 0.508 e. The van der Waals surface area contributed by atoms with Crippen LogP contribution in [0.2, 0.25) is 0 Å². The predicted octanol–water partition coefficient (Wildman–Crippen LogP) is 2.65. The average Bonchev–Trinajstić information content (AvgIpc) is 2.63. The number of rotatable bonds is 3. The van der Waals surface area contributed by atoms with Crippen molar-refractivity contribution >= 4 is 0 Å². The maximum Gasteiger partial charge on any atom is 0.228 e. The molecule has 2 heterocycles. The summed E-state index contributed by atoms with van der Waals surface area (Å²) in [6.07, 6.45) is 1.50.